The lowest BCUT2D eigenvalue weighted by Gasteiger charge is -2.56. The minimum Gasteiger partial charge on any atom is -0.466 e. The molecule has 4 heteroatoms. The van der Waals surface area contributed by atoms with E-state index in [0.717, 1.165) is 56.4 Å². The zero-order valence-corrected chi connectivity index (χ0v) is 15.4. The number of ether oxygens (including phenoxy) is 1. The van der Waals surface area contributed by atoms with Gasteiger partial charge in [-0.2, -0.15) is 0 Å². The second-order valence-corrected chi connectivity index (χ2v) is 8.40. The van der Waals surface area contributed by atoms with Crippen LogP contribution in [0.15, 0.2) is 0 Å². The predicted molar refractivity (Wildman–Crippen MR) is 93.3 cm³/mol. The van der Waals surface area contributed by atoms with E-state index < -0.39 is 0 Å². The fraction of sp³-hybridized carbons (Fsp3) is 0.900. The van der Waals surface area contributed by atoms with Crippen molar-refractivity contribution in [3.63, 3.8) is 0 Å². The Kier molecular flexibility index (Phi) is 5.51. The van der Waals surface area contributed by atoms with Gasteiger partial charge in [0.25, 0.3) is 0 Å². The van der Waals surface area contributed by atoms with Crippen LogP contribution in [0.1, 0.15) is 71.6 Å². The average Bonchev–Trinajstić information content (AvgIpc) is 2.53. The fourth-order valence-corrected chi connectivity index (χ4v) is 5.83. The van der Waals surface area contributed by atoms with Gasteiger partial charge >= 0.3 is 5.97 Å². The lowest BCUT2D eigenvalue weighted by Crippen LogP contribution is -2.55. The van der Waals surface area contributed by atoms with Crippen LogP contribution in [0.5, 0.6) is 0 Å². The van der Waals surface area contributed by atoms with E-state index in [2.05, 4.69) is 6.92 Å². The third kappa shape index (κ3) is 3.62. The Morgan fingerprint density at radius 2 is 1.58 bits per heavy atom. The van der Waals surface area contributed by atoms with Gasteiger partial charge in [-0.3, -0.25) is 9.59 Å². The van der Waals surface area contributed by atoms with Crippen molar-refractivity contribution in [1.82, 2.24) is 4.90 Å². The van der Waals surface area contributed by atoms with E-state index in [4.69, 9.17) is 4.74 Å². The van der Waals surface area contributed by atoms with E-state index >= 15 is 0 Å². The van der Waals surface area contributed by atoms with Gasteiger partial charge in [0, 0.05) is 13.1 Å². The lowest BCUT2D eigenvalue weighted by molar-refractivity contribution is -0.158. The minimum absolute atomic E-state index is 0.100. The molecule has 0 spiro atoms. The number of hydrogen-bond acceptors (Lipinski definition) is 3. The van der Waals surface area contributed by atoms with Crippen LogP contribution in [-0.2, 0) is 14.3 Å². The molecule has 1 amide bonds. The van der Waals surface area contributed by atoms with Crippen LogP contribution < -0.4 is 0 Å². The Morgan fingerprint density at radius 3 is 2.08 bits per heavy atom. The molecule has 24 heavy (non-hydrogen) atoms. The van der Waals surface area contributed by atoms with Crippen LogP contribution in [-0.4, -0.2) is 36.5 Å². The van der Waals surface area contributed by atoms with E-state index in [-0.39, 0.29) is 11.4 Å². The van der Waals surface area contributed by atoms with Crippen LogP contribution in [0.4, 0.5) is 0 Å². The van der Waals surface area contributed by atoms with E-state index in [1.807, 2.05) is 11.8 Å². The van der Waals surface area contributed by atoms with Crippen LogP contribution in [0.3, 0.4) is 0 Å². The second-order valence-electron chi connectivity index (χ2n) is 8.40. The van der Waals surface area contributed by atoms with Crippen molar-refractivity contribution in [3.05, 3.63) is 0 Å². The summed E-state index contributed by atoms with van der Waals surface area (Å²) in [6, 6.07) is 0. The number of amides is 1. The summed E-state index contributed by atoms with van der Waals surface area (Å²) >= 11 is 0. The lowest BCUT2D eigenvalue weighted by atomic mass is 9.49. The summed E-state index contributed by atoms with van der Waals surface area (Å²) in [6.07, 6.45) is 9.76. The molecule has 4 rings (SSSR count). The van der Waals surface area contributed by atoms with Crippen molar-refractivity contribution in [2.45, 2.75) is 71.6 Å². The molecule has 4 bridgehead atoms. The highest BCUT2D eigenvalue weighted by Crippen LogP contribution is 2.60. The van der Waals surface area contributed by atoms with Gasteiger partial charge in [-0.25, -0.2) is 0 Å². The molecule has 0 aromatic carbocycles. The van der Waals surface area contributed by atoms with Crippen molar-refractivity contribution in [3.8, 4) is 0 Å². The first-order valence-corrected chi connectivity index (χ1v) is 10.0. The van der Waals surface area contributed by atoms with Crippen LogP contribution in [0.25, 0.3) is 0 Å². The summed E-state index contributed by atoms with van der Waals surface area (Å²) in [5, 5.41) is 0. The number of esters is 1. The van der Waals surface area contributed by atoms with Gasteiger partial charge in [-0.1, -0.05) is 13.3 Å². The highest BCUT2D eigenvalue weighted by atomic mass is 16.5. The number of carbonyl (C=O) groups is 2. The van der Waals surface area contributed by atoms with Gasteiger partial charge in [0.05, 0.1) is 18.4 Å². The van der Waals surface area contributed by atoms with Crippen LogP contribution in [0, 0.1) is 23.2 Å². The molecule has 4 aliphatic rings. The SMILES string of the molecule is CCCCN(CCC(=O)OCC)C(=O)C12CC3CC(CC(C3)C1)C2. The highest BCUT2D eigenvalue weighted by Gasteiger charge is 2.55. The number of carbonyl (C=O) groups excluding carboxylic acids is 2. The van der Waals surface area contributed by atoms with Crippen LogP contribution >= 0.6 is 0 Å². The molecule has 0 aliphatic heterocycles. The van der Waals surface area contributed by atoms with Crippen molar-refractivity contribution in [2.24, 2.45) is 23.2 Å². The number of hydrogen-bond donors (Lipinski definition) is 0. The molecule has 4 nitrogen and oxygen atoms in total. The Labute approximate surface area is 146 Å². The molecule has 0 saturated heterocycles. The van der Waals surface area contributed by atoms with E-state index in [0.29, 0.717) is 25.5 Å². The van der Waals surface area contributed by atoms with Crippen molar-refractivity contribution in [1.29, 1.82) is 0 Å². The summed E-state index contributed by atoms with van der Waals surface area (Å²) in [5.41, 5.74) is -0.100. The summed E-state index contributed by atoms with van der Waals surface area (Å²) in [6.45, 7) is 5.71. The molecule has 0 N–H and O–H groups in total. The number of unbranched alkanes of at least 4 members (excludes halogenated alkanes) is 1. The van der Waals surface area contributed by atoms with Gasteiger partial charge in [0.1, 0.15) is 0 Å². The topological polar surface area (TPSA) is 46.6 Å². The van der Waals surface area contributed by atoms with E-state index in [1.54, 1.807) is 0 Å². The minimum atomic E-state index is -0.183. The maximum Gasteiger partial charge on any atom is 0.307 e. The fourth-order valence-electron chi connectivity index (χ4n) is 5.83. The summed E-state index contributed by atoms with van der Waals surface area (Å²) in [4.78, 5) is 27.2. The zero-order valence-electron chi connectivity index (χ0n) is 15.4. The highest BCUT2D eigenvalue weighted by molar-refractivity contribution is 5.84. The van der Waals surface area contributed by atoms with Gasteiger partial charge in [-0.15, -0.1) is 0 Å². The third-order valence-electron chi connectivity index (χ3n) is 6.45. The number of rotatable bonds is 8. The maximum absolute atomic E-state index is 13.4. The molecular formula is C20H33NO3. The number of nitrogens with zero attached hydrogens (tertiary/aromatic N) is 1. The van der Waals surface area contributed by atoms with Crippen molar-refractivity contribution < 1.29 is 14.3 Å². The molecule has 0 aromatic rings. The molecule has 0 atom stereocenters. The third-order valence-corrected chi connectivity index (χ3v) is 6.45. The molecular weight excluding hydrogens is 302 g/mol. The zero-order chi connectivity index (χ0) is 17.2. The quantitative estimate of drug-likeness (QED) is 0.634. The van der Waals surface area contributed by atoms with E-state index in [1.165, 1.54) is 19.3 Å². The first-order valence-electron chi connectivity index (χ1n) is 10.0. The predicted octanol–water partition coefficient (Wildman–Crippen LogP) is 3.78. The monoisotopic (exact) mass is 335 g/mol. The van der Waals surface area contributed by atoms with Gasteiger partial charge in [0.2, 0.25) is 5.91 Å². The molecule has 0 aromatic heterocycles. The Morgan fingerprint density at radius 1 is 1.00 bits per heavy atom. The molecule has 136 valence electrons. The first kappa shape index (κ1) is 17.8. The van der Waals surface area contributed by atoms with Crippen molar-refractivity contribution in [2.75, 3.05) is 19.7 Å². The summed E-state index contributed by atoms with van der Waals surface area (Å²) in [7, 11) is 0. The molecule has 4 aliphatic carbocycles. The normalized spacial score (nSPS) is 33.5. The second kappa shape index (κ2) is 7.45. The Balaban J connectivity index is 1.67. The summed E-state index contributed by atoms with van der Waals surface area (Å²) in [5.74, 6) is 2.49. The smallest absolute Gasteiger partial charge is 0.307 e. The van der Waals surface area contributed by atoms with Gasteiger partial charge < -0.3 is 9.64 Å². The largest absolute Gasteiger partial charge is 0.466 e. The molecule has 0 unspecified atom stereocenters. The van der Waals surface area contributed by atoms with Gasteiger partial charge in [0.15, 0.2) is 0 Å². The summed E-state index contributed by atoms with van der Waals surface area (Å²) < 4.78 is 5.05. The molecule has 4 fully saturated rings. The maximum atomic E-state index is 13.4. The van der Waals surface area contributed by atoms with Crippen LogP contribution in [0.2, 0.25) is 0 Å². The standard InChI is InChI=1S/C20H33NO3/c1-3-5-7-21(8-6-18(22)24-4-2)19(23)20-12-15-9-16(13-20)11-17(10-15)14-20/h15-17H,3-14H2,1-2H3. The van der Waals surface area contributed by atoms with Crippen molar-refractivity contribution >= 4 is 11.9 Å². The molecule has 0 radical (unpaired) electrons. The average molecular weight is 335 g/mol. The molecule has 0 heterocycles. The van der Waals surface area contributed by atoms with E-state index in [9.17, 15) is 9.59 Å². The molecule has 4 saturated carbocycles. The Hall–Kier alpha value is -1.06. The van der Waals surface area contributed by atoms with Gasteiger partial charge in [-0.05, 0) is 69.6 Å². The Bertz CT molecular complexity index is 438. The first-order chi connectivity index (χ1) is 11.6.